The first kappa shape index (κ1) is 20.5. The SMILES string of the molecule is C#CCOc1ccc(C=C(C#N)C(=O)N2CCN(c3ccccc3)CC2)cc1Br. The highest BCUT2D eigenvalue weighted by atomic mass is 79.9. The molecule has 1 amide bonds. The molecule has 5 nitrogen and oxygen atoms in total. The molecule has 2 aromatic rings. The van der Waals surface area contributed by atoms with Crippen LogP contribution >= 0.6 is 15.9 Å². The number of nitrogens with zero attached hydrogens (tertiary/aromatic N) is 3. The van der Waals surface area contributed by atoms with Crippen molar-refractivity contribution < 1.29 is 9.53 Å². The van der Waals surface area contributed by atoms with Crippen molar-refractivity contribution in [3.63, 3.8) is 0 Å². The van der Waals surface area contributed by atoms with Crippen molar-refractivity contribution >= 4 is 33.6 Å². The molecule has 0 aromatic heterocycles. The molecule has 0 bridgehead atoms. The molecule has 0 unspecified atom stereocenters. The zero-order valence-corrected chi connectivity index (χ0v) is 17.4. The molecule has 1 aliphatic heterocycles. The number of carbonyl (C=O) groups excluding carboxylic acids is 1. The Morgan fingerprint density at radius 2 is 1.90 bits per heavy atom. The van der Waals surface area contributed by atoms with Gasteiger partial charge in [0.05, 0.1) is 4.47 Å². The van der Waals surface area contributed by atoms with Gasteiger partial charge in [0.2, 0.25) is 0 Å². The van der Waals surface area contributed by atoms with Crippen LogP contribution in [0.2, 0.25) is 0 Å². The molecule has 3 rings (SSSR count). The second-order valence-electron chi connectivity index (χ2n) is 6.47. The molecule has 0 atom stereocenters. The maximum Gasteiger partial charge on any atom is 0.264 e. The summed E-state index contributed by atoms with van der Waals surface area (Å²) in [5.41, 5.74) is 1.99. The average molecular weight is 450 g/mol. The topological polar surface area (TPSA) is 56.6 Å². The highest BCUT2D eigenvalue weighted by Crippen LogP contribution is 2.27. The Hall–Kier alpha value is -3.22. The van der Waals surface area contributed by atoms with Gasteiger partial charge in [-0.1, -0.05) is 30.2 Å². The van der Waals surface area contributed by atoms with E-state index in [1.165, 1.54) is 0 Å². The van der Waals surface area contributed by atoms with E-state index in [2.05, 4.69) is 38.9 Å². The summed E-state index contributed by atoms with van der Waals surface area (Å²) in [6.45, 7) is 2.80. The van der Waals surface area contributed by atoms with Crippen LogP contribution in [0.25, 0.3) is 6.08 Å². The molecular formula is C23H20BrN3O2. The molecule has 0 aliphatic carbocycles. The zero-order chi connectivity index (χ0) is 20.6. The van der Waals surface area contributed by atoms with Crippen molar-refractivity contribution in [2.45, 2.75) is 0 Å². The van der Waals surface area contributed by atoms with E-state index in [0.717, 1.165) is 24.3 Å². The van der Waals surface area contributed by atoms with Crippen molar-refractivity contribution in [3.05, 3.63) is 64.1 Å². The molecule has 6 heteroatoms. The van der Waals surface area contributed by atoms with E-state index in [0.29, 0.717) is 23.3 Å². The maximum atomic E-state index is 12.8. The minimum atomic E-state index is -0.246. The van der Waals surface area contributed by atoms with Gasteiger partial charge in [-0.2, -0.15) is 5.26 Å². The zero-order valence-electron chi connectivity index (χ0n) is 15.8. The maximum absolute atomic E-state index is 12.8. The van der Waals surface area contributed by atoms with Crippen LogP contribution in [0.15, 0.2) is 58.6 Å². The van der Waals surface area contributed by atoms with Crippen molar-refractivity contribution in [1.82, 2.24) is 4.90 Å². The van der Waals surface area contributed by atoms with Crippen LogP contribution in [0.1, 0.15) is 5.56 Å². The minimum Gasteiger partial charge on any atom is -0.480 e. The monoisotopic (exact) mass is 449 g/mol. The number of anilines is 1. The lowest BCUT2D eigenvalue weighted by molar-refractivity contribution is -0.126. The second kappa shape index (κ2) is 9.82. The Morgan fingerprint density at radius 1 is 1.17 bits per heavy atom. The fraction of sp³-hybridized carbons (Fsp3) is 0.217. The van der Waals surface area contributed by atoms with Crippen molar-refractivity contribution in [2.75, 3.05) is 37.7 Å². The standard InChI is InChI=1S/C23H20BrN3O2/c1-2-14-29-22-9-8-18(16-21(22)24)15-19(17-25)23(28)27-12-10-26(11-13-27)20-6-4-3-5-7-20/h1,3-9,15-16H,10-14H2. The predicted molar refractivity (Wildman–Crippen MR) is 117 cm³/mol. The first-order valence-corrected chi connectivity index (χ1v) is 9.98. The number of halogens is 1. The summed E-state index contributed by atoms with van der Waals surface area (Å²) >= 11 is 3.42. The van der Waals surface area contributed by atoms with E-state index in [1.807, 2.05) is 24.3 Å². The van der Waals surface area contributed by atoms with Crippen LogP contribution in [0.3, 0.4) is 0 Å². The molecule has 29 heavy (non-hydrogen) atoms. The molecule has 0 N–H and O–H groups in total. The lowest BCUT2D eigenvalue weighted by Crippen LogP contribution is -2.49. The molecule has 1 heterocycles. The summed E-state index contributed by atoms with van der Waals surface area (Å²) < 4.78 is 6.12. The molecule has 0 radical (unpaired) electrons. The van der Waals surface area contributed by atoms with Gasteiger partial charge >= 0.3 is 0 Å². The highest BCUT2D eigenvalue weighted by molar-refractivity contribution is 9.10. The number of carbonyl (C=O) groups is 1. The molecule has 1 fully saturated rings. The largest absolute Gasteiger partial charge is 0.480 e. The highest BCUT2D eigenvalue weighted by Gasteiger charge is 2.23. The summed E-state index contributed by atoms with van der Waals surface area (Å²) in [7, 11) is 0. The third-order valence-electron chi connectivity index (χ3n) is 4.62. The van der Waals surface area contributed by atoms with E-state index < -0.39 is 0 Å². The van der Waals surface area contributed by atoms with Gasteiger partial charge in [-0.15, -0.1) is 6.42 Å². The van der Waals surface area contributed by atoms with E-state index >= 15 is 0 Å². The molecule has 2 aromatic carbocycles. The number of hydrogen-bond donors (Lipinski definition) is 0. The molecule has 0 spiro atoms. The number of ether oxygens (including phenoxy) is 1. The molecule has 0 saturated carbocycles. The van der Waals surface area contributed by atoms with Gasteiger partial charge in [-0.3, -0.25) is 4.79 Å². The average Bonchev–Trinajstić information content (AvgIpc) is 2.77. The third-order valence-corrected chi connectivity index (χ3v) is 5.24. The smallest absolute Gasteiger partial charge is 0.264 e. The van der Waals surface area contributed by atoms with Crippen LogP contribution in [-0.4, -0.2) is 43.6 Å². The van der Waals surface area contributed by atoms with Crippen molar-refractivity contribution in [2.24, 2.45) is 0 Å². The van der Waals surface area contributed by atoms with Crippen LogP contribution in [0.5, 0.6) is 5.75 Å². The van der Waals surface area contributed by atoms with Crippen molar-refractivity contribution in [1.29, 1.82) is 5.26 Å². The number of hydrogen-bond acceptors (Lipinski definition) is 4. The lowest BCUT2D eigenvalue weighted by Gasteiger charge is -2.36. The number of rotatable bonds is 5. The number of para-hydroxylation sites is 1. The third kappa shape index (κ3) is 5.19. The van der Waals surface area contributed by atoms with Crippen molar-refractivity contribution in [3.8, 4) is 24.2 Å². The number of terminal acetylenes is 1. The van der Waals surface area contributed by atoms with E-state index in [-0.39, 0.29) is 18.1 Å². The quantitative estimate of drug-likeness (QED) is 0.396. The number of benzene rings is 2. The van der Waals surface area contributed by atoms with Gasteiger partial charge in [0.15, 0.2) is 0 Å². The summed E-state index contributed by atoms with van der Waals surface area (Å²) in [6.07, 6.45) is 6.80. The first-order chi connectivity index (χ1) is 14.1. The van der Waals surface area contributed by atoms with E-state index in [9.17, 15) is 10.1 Å². The number of amides is 1. The van der Waals surface area contributed by atoms with Gasteiger partial charge in [0.1, 0.15) is 24.0 Å². The number of nitriles is 1. The van der Waals surface area contributed by atoms with E-state index in [1.54, 1.807) is 29.2 Å². The van der Waals surface area contributed by atoms with Gasteiger partial charge in [0.25, 0.3) is 5.91 Å². The van der Waals surface area contributed by atoms with E-state index in [4.69, 9.17) is 11.2 Å². The van der Waals surface area contributed by atoms with Gasteiger partial charge in [0, 0.05) is 31.9 Å². The summed E-state index contributed by atoms with van der Waals surface area (Å²) in [5, 5.41) is 9.52. The van der Waals surface area contributed by atoms with Crippen LogP contribution in [0, 0.1) is 23.7 Å². The molecule has 1 saturated heterocycles. The van der Waals surface area contributed by atoms with Crippen LogP contribution < -0.4 is 9.64 Å². The Balaban J connectivity index is 1.67. The van der Waals surface area contributed by atoms with Gasteiger partial charge < -0.3 is 14.5 Å². The first-order valence-electron chi connectivity index (χ1n) is 9.19. The Labute approximate surface area is 179 Å². The fourth-order valence-corrected chi connectivity index (χ4v) is 3.64. The van der Waals surface area contributed by atoms with Gasteiger partial charge in [-0.05, 0) is 51.8 Å². The van der Waals surface area contributed by atoms with Gasteiger partial charge in [-0.25, -0.2) is 0 Å². The minimum absolute atomic E-state index is 0.113. The Morgan fingerprint density at radius 3 is 2.52 bits per heavy atom. The Kier molecular flexibility index (Phi) is 6.94. The Bertz CT molecular complexity index is 981. The van der Waals surface area contributed by atoms with Crippen LogP contribution in [-0.2, 0) is 4.79 Å². The fourth-order valence-electron chi connectivity index (χ4n) is 3.13. The lowest BCUT2D eigenvalue weighted by atomic mass is 10.1. The molecule has 146 valence electrons. The number of piperazine rings is 1. The molecule has 1 aliphatic rings. The predicted octanol–water partition coefficient (Wildman–Crippen LogP) is 3.72. The van der Waals surface area contributed by atoms with Crippen LogP contribution in [0.4, 0.5) is 5.69 Å². The summed E-state index contributed by atoms with van der Waals surface area (Å²) in [6, 6.07) is 17.5. The normalized spacial score (nSPS) is 14.1. The molecular weight excluding hydrogens is 430 g/mol. The second-order valence-corrected chi connectivity index (χ2v) is 7.32. The summed E-state index contributed by atoms with van der Waals surface area (Å²) in [5.74, 6) is 2.78. The summed E-state index contributed by atoms with van der Waals surface area (Å²) in [4.78, 5) is 16.8.